The van der Waals surface area contributed by atoms with Crippen molar-refractivity contribution in [1.29, 1.82) is 0 Å². The summed E-state index contributed by atoms with van der Waals surface area (Å²) in [6, 6.07) is 0. The summed E-state index contributed by atoms with van der Waals surface area (Å²) in [5.41, 5.74) is 0. The topological polar surface area (TPSA) is 32.3 Å². The van der Waals surface area contributed by atoms with Crippen LogP contribution in [0.2, 0.25) is 0 Å². The lowest BCUT2D eigenvalue weighted by atomic mass is 9.85. The van der Waals surface area contributed by atoms with E-state index in [-0.39, 0.29) is 18.3 Å². The van der Waals surface area contributed by atoms with E-state index in [1.165, 1.54) is 32.1 Å². The summed E-state index contributed by atoms with van der Waals surface area (Å²) in [5.74, 6) is 1.89. The summed E-state index contributed by atoms with van der Waals surface area (Å²) in [6.45, 7) is 2.52. The zero-order valence-corrected chi connectivity index (χ0v) is 10.9. The van der Waals surface area contributed by atoms with Crippen LogP contribution in [0.25, 0.3) is 0 Å². The second-order valence-corrected chi connectivity index (χ2v) is 5.15. The average molecular weight is 247 g/mol. The van der Waals surface area contributed by atoms with Gasteiger partial charge in [-0.25, -0.2) is 0 Å². The van der Waals surface area contributed by atoms with Gasteiger partial charge in [0.2, 0.25) is 5.91 Å². The SMILES string of the molecule is CN(CC1CCC1)C(=O)CNCC1CC1.Cl. The minimum atomic E-state index is 0. The van der Waals surface area contributed by atoms with Crippen molar-refractivity contribution >= 4 is 18.3 Å². The molecule has 0 atom stereocenters. The van der Waals surface area contributed by atoms with E-state index < -0.39 is 0 Å². The molecule has 0 radical (unpaired) electrons. The average Bonchev–Trinajstić information content (AvgIpc) is 2.94. The van der Waals surface area contributed by atoms with E-state index in [1.54, 1.807) is 0 Å². The smallest absolute Gasteiger partial charge is 0.236 e. The first-order valence-electron chi connectivity index (χ1n) is 6.20. The van der Waals surface area contributed by atoms with Gasteiger partial charge in [-0.2, -0.15) is 0 Å². The minimum absolute atomic E-state index is 0. The van der Waals surface area contributed by atoms with E-state index in [0.717, 1.165) is 24.9 Å². The Bertz CT molecular complexity index is 227. The molecule has 2 rings (SSSR count). The maximum absolute atomic E-state index is 11.7. The first kappa shape index (κ1) is 13.8. The van der Waals surface area contributed by atoms with Gasteiger partial charge in [0.05, 0.1) is 6.54 Å². The molecule has 0 aromatic rings. The lowest BCUT2D eigenvalue weighted by molar-refractivity contribution is -0.129. The largest absolute Gasteiger partial charge is 0.344 e. The summed E-state index contributed by atoms with van der Waals surface area (Å²) >= 11 is 0. The predicted molar refractivity (Wildman–Crippen MR) is 67.8 cm³/mol. The van der Waals surface area contributed by atoms with Crippen LogP contribution in [0.15, 0.2) is 0 Å². The third-order valence-electron chi connectivity index (χ3n) is 3.59. The maximum atomic E-state index is 11.7. The molecule has 2 aliphatic carbocycles. The van der Waals surface area contributed by atoms with Crippen LogP contribution in [-0.2, 0) is 4.79 Å². The number of carbonyl (C=O) groups excluding carboxylic acids is 1. The van der Waals surface area contributed by atoms with Gasteiger partial charge in [0.1, 0.15) is 0 Å². The molecule has 1 N–H and O–H groups in total. The van der Waals surface area contributed by atoms with Crippen LogP contribution in [0.1, 0.15) is 32.1 Å². The number of nitrogens with one attached hydrogen (secondary N) is 1. The second kappa shape index (κ2) is 6.45. The Hall–Kier alpha value is -0.280. The monoisotopic (exact) mass is 246 g/mol. The van der Waals surface area contributed by atoms with Crippen molar-refractivity contribution in [1.82, 2.24) is 10.2 Å². The normalized spacial score (nSPS) is 19.8. The van der Waals surface area contributed by atoms with Gasteiger partial charge < -0.3 is 10.2 Å². The molecule has 0 aromatic carbocycles. The van der Waals surface area contributed by atoms with E-state index in [1.807, 2.05) is 11.9 Å². The second-order valence-electron chi connectivity index (χ2n) is 5.15. The summed E-state index contributed by atoms with van der Waals surface area (Å²) in [7, 11) is 1.93. The lowest BCUT2D eigenvalue weighted by Gasteiger charge is -2.30. The third kappa shape index (κ3) is 4.30. The molecule has 0 bridgehead atoms. The highest BCUT2D eigenvalue weighted by atomic mass is 35.5. The summed E-state index contributed by atoms with van der Waals surface area (Å²) < 4.78 is 0. The molecule has 2 saturated carbocycles. The van der Waals surface area contributed by atoms with Crippen LogP contribution in [-0.4, -0.2) is 37.5 Å². The summed E-state index contributed by atoms with van der Waals surface area (Å²) in [4.78, 5) is 13.6. The number of likely N-dealkylation sites (N-methyl/N-ethyl adjacent to an activating group) is 1. The molecule has 0 heterocycles. The zero-order valence-electron chi connectivity index (χ0n) is 10.1. The molecule has 0 saturated heterocycles. The molecule has 16 heavy (non-hydrogen) atoms. The number of hydrogen-bond donors (Lipinski definition) is 1. The summed E-state index contributed by atoms with van der Waals surface area (Å²) in [5, 5.41) is 3.25. The fraction of sp³-hybridized carbons (Fsp3) is 0.917. The molecule has 1 amide bonds. The van der Waals surface area contributed by atoms with Crippen molar-refractivity contribution in [3.8, 4) is 0 Å². The van der Waals surface area contributed by atoms with E-state index in [2.05, 4.69) is 5.32 Å². The first-order valence-corrected chi connectivity index (χ1v) is 6.20. The standard InChI is InChI=1S/C12H22N2O.ClH/c1-14(9-11-3-2-4-11)12(15)8-13-7-10-5-6-10;/h10-11,13H,2-9H2,1H3;1H. The predicted octanol–water partition coefficient (Wildman–Crippen LogP) is 1.67. The molecule has 0 unspecified atom stereocenters. The van der Waals surface area contributed by atoms with Crippen LogP contribution in [0, 0.1) is 11.8 Å². The highest BCUT2D eigenvalue weighted by Crippen LogP contribution is 2.27. The quantitative estimate of drug-likeness (QED) is 0.773. The van der Waals surface area contributed by atoms with Crippen molar-refractivity contribution in [3.63, 3.8) is 0 Å². The number of halogens is 1. The van der Waals surface area contributed by atoms with E-state index in [4.69, 9.17) is 0 Å². The molecule has 0 aliphatic heterocycles. The van der Waals surface area contributed by atoms with Gasteiger partial charge in [0, 0.05) is 13.6 Å². The van der Waals surface area contributed by atoms with Crippen LogP contribution in [0.4, 0.5) is 0 Å². The van der Waals surface area contributed by atoms with Gasteiger partial charge in [-0.3, -0.25) is 4.79 Å². The number of nitrogens with zero attached hydrogens (tertiary/aromatic N) is 1. The lowest BCUT2D eigenvalue weighted by Crippen LogP contribution is -2.39. The van der Waals surface area contributed by atoms with Gasteiger partial charge >= 0.3 is 0 Å². The number of hydrogen-bond acceptors (Lipinski definition) is 2. The van der Waals surface area contributed by atoms with Gasteiger partial charge in [0.25, 0.3) is 0 Å². The fourth-order valence-corrected chi connectivity index (χ4v) is 2.00. The molecule has 0 aromatic heterocycles. The molecular formula is C12H23ClN2O. The van der Waals surface area contributed by atoms with Crippen molar-refractivity contribution in [3.05, 3.63) is 0 Å². The molecule has 94 valence electrons. The minimum Gasteiger partial charge on any atom is -0.344 e. The molecule has 3 nitrogen and oxygen atoms in total. The zero-order chi connectivity index (χ0) is 10.7. The molecular weight excluding hydrogens is 224 g/mol. The first-order chi connectivity index (χ1) is 7.25. The van der Waals surface area contributed by atoms with E-state index in [0.29, 0.717) is 6.54 Å². The van der Waals surface area contributed by atoms with Crippen molar-refractivity contribution in [2.24, 2.45) is 11.8 Å². The van der Waals surface area contributed by atoms with Crippen LogP contribution >= 0.6 is 12.4 Å². The Morgan fingerprint density at radius 1 is 1.25 bits per heavy atom. The molecule has 0 spiro atoms. The van der Waals surface area contributed by atoms with Crippen LogP contribution in [0.3, 0.4) is 0 Å². The highest BCUT2D eigenvalue weighted by molar-refractivity contribution is 5.85. The van der Waals surface area contributed by atoms with Crippen LogP contribution in [0.5, 0.6) is 0 Å². The Labute approximate surface area is 104 Å². The van der Waals surface area contributed by atoms with Crippen molar-refractivity contribution in [2.45, 2.75) is 32.1 Å². The van der Waals surface area contributed by atoms with Crippen LogP contribution < -0.4 is 5.32 Å². The molecule has 2 fully saturated rings. The third-order valence-corrected chi connectivity index (χ3v) is 3.59. The molecule has 4 heteroatoms. The highest BCUT2D eigenvalue weighted by Gasteiger charge is 2.23. The Balaban J connectivity index is 0.00000128. The summed E-state index contributed by atoms with van der Waals surface area (Å²) in [6.07, 6.45) is 6.67. The fourth-order valence-electron chi connectivity index (χ4n) is 2.00. The van der Waals surface area contributed by atoms with Crippen molar-refractivity contribution in [2.75, 3.05) is 26.7 Å². The Morgan fingerprint density at radius 2 is 1.94 bits per heavy atom. The number of carbonyl (C=O) groups is 1. The van der Waals surface area contributed by atoms with Gasteiger partial charge in [-0.1, -0.05) is 6.42 Å². The van der Waals surface area contributed by atoms with Gasteiger partial charge in [-0.05, 0) is 44.1 Å². The van der Waals surface area contributed by atoms with E-state index in [9.17, 15) is 4.79 Å². The Morgan fingerprint density at radius 3 is 2.44 bits per heavy atom. The Kier molecular flexibility index (Phi) is 5.56. The maximum Gasteiger partial charge on any atom is 0.236 e. The van der Waals surface area contributed by atoms with Crippen molar-refractivity contribution < 1.29 is 4.79 Å². The number of rotatable bonds is 6. The van der Waals surface area contributed by atoms with Gasteiger partial charge in [0.15, 0.2) is 0 Å². The van der Waals surface area contributed by atoms with Gasteiger partial charge in [-0.15, -0.1) is 12.4 Å². The molecule has 2 aliphatic rings. The number of amides is 1. The van der Waals surface area contributed by atoms with E-state index >= 15 is 0 Å².